The van der Waals surface area contributed by atoms with Crippen molar-refractivity contribution in [2.45, 2.75) is 0 Å². The van der Waals surface area contributed by atoms with Gasteiger partial charge in [-0.05, 0) is 114 Å². The van der Waals surface area contributed by atoms with Crippen LogP contribution in [0.4, 0.5) is 0 Å². The van der Waals surface area contributed by atoms with E-state index in [1.165, 1.54) is 52.8 Å². The third-order valence-electron chi connectivity index (χ3n) is 10.4. The summed E-state index contributed by atoms with van der Waals surface area (Å²) in [4.78, 5) is 0. The molecular weight excluding hydrogens is 651 g/mol. The molecule has 8 bridgehead atoms. The van der Waals surface area contributed by atoms with Crippen molar-refractivity contribution in [2.75, 3.05) is 0 Å². The topological polar surface area (TPSA) is 14.8 Å². The Morgan fingerprint density at radius 3 is 1.44 bits per heavy atom. The molecule has 0 aliphatic carbocycles. The molecule has 11 rings (SSSR count). The first-order chi connectivity index (χ1) is 25.8. The number of nitrogens with zero attached hydrogens (tertiary/aromatic N) is 3. The summed E-state index contributed by atoms with van der Waals surface area (Å²) >= 11 is 1.86. The molecule has 8 aromatic carbocycles. The molecule has 4 heteroatoms. The Kier molecular flexibility index (Phi) is 6.42. The third kappa shape index (κ3) is 4.51. The molecule has 0 atom stereocenters. The van der Waals surface area contributed by atoms with E-state index in [2.05, 4.69) is 202 Å². The minimum absolute atomic E-state index is 1.11. The van der Waals surface area contributed by atoms with E-state index in [9.17, 15) is 0 Å². The minimum atomic E-state index is 1.11. The van der Waals surface area contributed by atoms with Gasteiger partial charge in [0.1, 0.15) is 0 Å². The van der Waals surface area contributed by atoms with Gasteiger partial charge in [-0.2, -0.15) is 0 Å². The fourth-order valence-corrected chi connectivity index (χ4v) is 9.17. The second-order valence-electron chi connectivity index (χ2n) is 13.5. The molecule has 0 aliphatic rings. The van der Waals surface area contributed by atoms with E-state index < -0.39 is 0 Å². The molecule has 0 radical (unpaired) electrons. The average molecular weight is 682 g/mol. The first-order valence-corrected chi connectivity index (χ1v) is 18.5. The fraction of sp³-hybridized carbons (Fsp3) is 0. The first-order valence-electron chi connectivity index (χ1n) is 17.7. The van der Waals surface area contributed by atoms with Crippen molar-refractivity contribution in [2.24, 2.45) is 0 Å². The lowest BCUT2D eigenvalue weighted by Gasteiger charge is -2.14. The zero-order chi connectivity index (χ0) is 34.2. The van der Waals surface area contributed by atoms with Gasteiger partial charge in [0, 0.05) is 70.1 Å². The third-order valence-corrected chi connectivity index (χ3v) is 11.6. The van der Waals surface area contributed by atoms with Crippen LogP contribution in [-0.2, 0) is 0 Å². The molecule has 3 aromatic heterocycles. The molecule has 11 aromatic rings. The number of para-hydroxylation sites is 3. The fourth-order valence-electron chi connectivity index (χ4n) is 8.11. The van der Waals surface area contributed by atoms with Crippen LogP contribution in [0.3, 0.4) is 0 Å². The van der Waals surface area contributed by atoms with Crippen LogP contribution in [0.5, 0.6) is 0 Å². The van der Waals surface area contributed by atoms with E-state index in [1.54, 1.807) is 0 Å². The highest BCUT2D eigenvalue weighted by molar-refractivity contribution is 7.25. The summed E-state index contributed by atoms with van der Waals surface area (Å²) in [5.74, 6) is 0. The molecule has 3 heterocycles. The van der Waals surface area contributed by atoms with Gasteiger partial charge in [0.2, 0.25) is 0 Å². The van der Waals surface area contributed by atoms with Crippen LogP contribution in [0.15, 0.2) is 188 Å². The van der Waals surface area contributed by atoms with E-state index in [0.717, 1.165) is 39.1 Å². The number of hydrogen-bond acceptors (Lipinski definition) is 1. The predicted molar refractivity (Wildman–Crippen MR) is 222 cm³/mol. The van der Waals surface area contributed by atoms with E-state index in [0.29, 0.717) is 0 Å². The maximum absolute atomic E-state index is 2.43. The van der Waals surface area contributed by atoms with Crippen LogP contribution in [0.25, 0.3) is 91.9 Å². The Labute approximate surface area is 303 Å². The normalized spacial score (nSPS) is 11.8. The largest absolute Gasteiger partial charge is 0.310 e. The number of rotatable bonds is 3. The van der Waals surface area contributed by atoms with Crippen molar-refractivity contribution in [1.29, 1.82) is 0 Å². The van der Waals surface area contributed by atoms with Crippen molar-refractivity contribution in [1.82, 2.24) is 13.7 Å². The van der Waals surface area contributed by atoms with Gasteiger partial charge in [0.05, 0.1) is 11.0 Å². The maximum Gasteiger partial charge on any atom is 0.0561 e. The summed E-state index contributed by atoms with van der Waals surface area (Å²) in [5, 5.41) is 7.36. The predicted octanol–water partition coefficient (Wildman–Crippen LogP) is 13.3. The van der Waals surface area contributed by atoms with E-state index in [-0.39, 0.29) is 0 Å². The van der Waals surface area contributed by atoms with Crippen molar-refractivity contribution < 1.29 is 0 Å². The Balaban J connectivity index is 1.30. The Bertz CT molecular complexity index is 3230. The molecule has 0 amide bonds. The number of aromatic nitrogens is 3. The lowest BCUT2D eigenvalue weighted by Crippen LogP contribution is -1.99. The second-order valence-corrected chi connectivity index (χ2v) is 14.5. The highest BCUT2D eigenvalue weighted by Crippen LogP contribution is 2.38. The summed E-state index contributed by atoms with van der Waals surface area (Å²) in [5.41, 5.74) is 10.3. The quantitative estimate of drug-likeness (QED) is 0.176. The van der Waals surface area contributed by atoms with Gasteiger partial charge in [-0.1, -0.05) is 84.9 Å². The molecule has 0 spiro atoms. The highest BCUT2D eigenvalue weighted by Gasteiger charge is 2.15. The van der Waals surface area contributed by atoms with Crippen molar-refractivity contribution in [3.05, 3.63) is 188 Å². The second kappa shape index (κ2) is 11.5. The molecular formula is C48H31N3S. The maximum atomic E-state index is 2.43. The van der Waals surface area contributed by atoms with Gasteiger partial charge in [-0.25, -0.2) is 0 Å². The van der Waals surface area contributed by atoms with Crippen LogP contribution >= 0.6 is 11.3 Å². The van der Waals surface area contributed by atoms with Crippen LogP contribution in [0.1, 0.15) is 0 Å². The minimum Gasteiger partial charge on any atom is -0.310 e. The lowest BCUT2D eigenvalue weighted by atomic mass is 10.1. The van der Waals surface area contributed by atoms with Gasteiger partial charge in [0.25, 0.3) is 0 Å². The molecule has 52 heavy (non-hydrogen) atoms. The number of thiophene rings is 1. The van der Waals surface area contributed by atoms with Gasteiger partial charge in [0.15, 0.2) is 0 Å². The molecule has 0 saturated carbocycles. The molecule has 0 unspecified atom stereocenters. The Hall–Kier alpha value is -6.62. The zero-order valence-corrected chi connectivity index (χ0v) is 29.0. The van der Waals surface area contributed by atoms with E-state index in [1.807, 2.05) is 11.3 Å². The number of benzene rings is 8. The first kappa shape index (κ1) is 29.1. The van der Waals surface area contributed by atoms with E-state index >= 15 is 0 Å². The summed E-state index contributed by atoms with van der Waals surface area (Å²) in [7, 11) is 0. The van der Waals surface area contributed by atoms with Crippen LogP contribution in [-0.4, -0.2) is 13.7 Å². The summed E-state index contributed by atoms with van der Waals surface area (Å²) < 4.78 is 9.76. The molecule has 0 aliphatic heterocycles. The molecule has 244 valence electrons. The highest BCUT2D eigenvalue weighted by atomic mass is 32.1. The van der Waals surface area contributed by atoms with Gasteiger partial charge in [-0.15, -0.1) is 11.3 Å². The van der Waals surface area contributed by atoms with Gasteiger partial charge in [-0.3, -0.25) is 0 Å². The van der Waals surface area contributed by atoms with Crippen molar-refractivity contribution in [3.63, 3.8) is 0 Å². The standard InChI is InChI=1S/C48H31N3S/c1-3-13-34(14-4-1)49-36-17-9-11-32(27-36)33-12-10-18-37(28-33)50(39-23-26-48-44(30-39)43-29-38(49)22-25-47(43)52-48)40-21-24-42-41-19-7-8-20-45(41)51(46(42)31-40)35-15-5-2-6-16-35/h1-31H. The monoisotopic (exact) mass is 681 g/mol. The van der Waals surface area contributed by atoms with Crippen molar-refractivity contribution >= 4 is 86.2 Å². The zero-order valence-electron chi connectivity index (χ0n) is 28.1. The van der Waals surface area contributed by atoms with Gasteiger partial charge < -0.3 is 13.7 Å². The molecule has 0 N–H and O–H groups in total. The van der Waals surface area contributed by atoms with Crippen LogP contribution in [0.2, 0.25) is 0 Å². The molecule has 3 nitrogen and oxygen atoms in total. The van der Waals surface area contributed by atoms with Gasteiger partial charge >= 0.3 is 0 Å². The smallest absolute Gasteiger partial charge is 0.0561 e. The van der Waals surface area contributed by atoms with Crippen molar-refractivity contribution in [3.8, 4) is 17.1 Å². The Morgan fingerprint density at radius 2 is 0.808 bits per heavy atom. The summed E-state index contributed by atoms with van der Waals surface area (Å²) in [6.07, 6.45) is 0. The van der Waals surface area contributed by atoms with Crippen LogP contribution < -0.4 is 0 Å². The lowest BCUT2D eigenvalue weighted by molar-refractivity contribution is 1.14. The summed E-state index contributed by atoms with van der Waals surface area (Å²) in [6, 6.07) is 68.9. The average Bonchev–Trinajstić information content (AvgIpc) is 3.74. The number of fused-ring (bicyclic) bond motifs is 10. The molecule has 0 fully saturated rings. The van der Waals surface area contributed by atoms with Crippen LogP contribution in [0, 0.1) is 0 Å². The van der Waals surface area contributed by atoms with E-state index in [4.69, 9.17) is 0 Å². The SMILES string of the molecule is c1ccc(-n2c3cccc(c3)c3cccc(c3)n(-c3ccc4c5ccccc5n(-c5ccccc5)c4c3)c3ccc4sc5ccc2cc5c4c3)cc1. The summed E-state index contributed by atoms with van der Waals surface area (Å²) in [6.45, 7) is 0. The number of hydrogen-bond donors (Lipinski definition) is 0. The Morgan fingerprint density at radius 1 is 0.288 bits per heavy atom. The molecule has 0 saturated heterocycles.